The van der Waals surface area contributed by atoms with Crippen LogP contribution in [0, 0.1) is 30.6 Å². The molecule has 0 saturated carbocycles. The molecule has 6 rings (SSSR count). The molecule has 5 bridgehead atoms. The number of phenols is 3. The Balaban J connectivity index is 1.70. The van der Waals surface area contributed by atoms with Crippen LogP contribution < -0.4 is 10.1 Å². The number of amides is 1. The number of rotatable bonds is 4. The number of Topliss-reactive ketones (excluding diaryl/α,β-unsaturated/α-hetero) is 1. The number of likely N-dealkylation sites (N-methyl/N-ethyl adjacent to an activating group) is 1. The van der Waals surface area contributed by atoms with Gasteiger partial charge in [0.1, 0.15) is 23.4 Å². The van der Waals surface area contributed by atoms with E-state index in [0.717, 1.165) is 13.1 Å². The number of hydrogen-bond donors (Lipinski definition) is 6. The number of benzene rings is 2. The molecule has 1 saturated heterocycles. The Bertz CT molecular complexity index is 2070. The highest BCUT2D eigenvalue weighted by molar-refractivity contribution is 6.23. The molecule has 0 aliphatic carbocycles. The fraction of sp³-hybridized carbons (Fsp3) is 0.535. The van der Waals surface area contributed by atoms with Crippen molar-refractivity contribution >= 4 is 40.3 Å². The molecule has 2 aromatic carbocycles. The van der Waals surface area contributed by atoms with Crippen molar-refractivity contribution in [2.45, 2.75) is 85.6 Å². The Labute approximate surface area is 344 Å². The van der Waals surface area contributed by atoms with Crippen molar-refractivity contribution in [1.29, 1.82) is 0 Å². The van der Waals surface area contributed by atoms with Crippen LogP contribution in [0.15, 0.2) is 41.2 Å². The number of hydrogen-bond acceptors (Lipinski definition) is 15. The maximum absolute atomic E-state index is 14.4. The van der Waals surface area contributed by atoms with Gasteiger partial charge in [-0.1, -0.05) is 45.9 Å². The predicted octanol–water partition coefficient (Wildman–Crippen LogP) is 4.34. The van der Waals surface area contributed by atoms with Gasteiger partial charge in [-0.2, -0.15) is 5.10 Å². The second-order valence-electron chi connectivity index (χ2n) is 16.1. The van der Waals surface area contributed by atoms with Crippen LogP contribution in [0.2, 0.25) is 0 Å². The van der Waals surface area contributed by atoms with Gasteiger partial charge in [0.2, 0.25) is 0 Å². The second-order valence-corrected chi connectivity index (χ2v) is 16.1. The fourth-order valence-electron chi connectivity index (χ4n) is 7.92. The summed E-state index contributed by atoms with van der Waals surface area (Å²) in [6.45, 7) is 15.1. The molecule has 0 spiro atoms. The highest BCUT2D eigenvalue weighted by Crippen LogP contribution is 2.55. The van der Waals surface area contributed by atoms with Crippen LogP contribution in [0.25, 0.3) is 10.8 Å². The molecule has 0 unspecified atom stereocenters. The summed E-state index contributed by atoms with van der Waals surface area (Å²) in [5, 5.41) is 66.8. The third kappa shape index (κ3) is 8.91. The molecule has 4 aliphatic heterocycles. The number of esters is 1. The van der Waals surface area contributed by atoms with Crippen LogP contribution >= 0.6 is 0 Å². The number of nitrogens with zero attached hydrogens (tertiary/aromatic N) is 3. The van der Waals surface area contributed by atoms with Gasteiger partial charge < -0.3 is 54.7 Å². The lowest BCUT2D eigenvalue weighted by molar-refractivity contribution is -0.160. The van der Waals surface area contributed by atoms with Crippen LogP contribution in [0.4, 0.5) is 5.69 Å². The molecule has 6 N–H and O–H groups in total. The van der Waals surface area contributed by atoms with Crippen molar-refractivity contribution in [2.75, 3.05) is 45.7 Å². The third-order valence-electron chi connectivity index (χ3n) is 11.9. The van der Waals surface area contributed by atoms with Gasteiger partial charge in [0.05, 0.1) is 53.0 Å². The molecule has 16 heteroatoms. The lowest BCUT2D eigenvalue weighted by atomic mass is 9.78. The Morgan fingerprint density at radius 1 is 0.949 bits per heavy atom. The fourth-order valence-corrected chi connectivity index (χ4v) is 7.92. The summed E-state index contributed by atoms with van der Waals surface area (Å²) in [5.41, 5.74) is -0.350. The number of carbonyl (C=O) groups excluding carboxylic acids is 3. The number of ketones is 1. The van der Waals surface area contributed by atoms with E-state index in [1.54, 1.807) is 44.9 Å². The van der Waals surface area contributed by atoms with Crippen LogP contribution in [-0.2, 0) is 23.8 Å². The first-order valence-electron chi connectivity index (χ1n) is 19.8. The minimum Gasteiger partial charge on any atom is -0.507 e. The molecule has 4 aliphatic rings. The summed E-state index contributed by atoms with van der Waals surface area (Å²) in [5.74, 6) is -8.34. The van der Waals surface area contributed by atoms with Gasteiger partial charge in [0.25, 0.3) is 11.7 Å². The monoisotopic (exact) mass is 822 g/mol. The maximum Gasteiger partial charge on any atom is 0.312 e. The van der Waals surface area contributed by atoms with E-state index < -0.39 is 88.8 Å². The number of hydrazone groups is 1. The second kappa shape index (κ2) is 18.0. The van der Waals surface area contributed by atoms with E-state index in [9.17, 15) is 39.9 Å². The minimum atomic E-state index is -2.04. The zero-order chi connectivity index (χ0) is 43.7. The summed E-state index contributed by atoms with van der Waals surface area (Å²) in [7, 11) is 3.42. The standard InChI is InChI=1S/C43H58N4O12/c1-21-12-11-13-22(2)42(55)45-33-28(20-44-47-17-15-46(9)16-18-47)37(52)30-31(38(33)53)36(51)26(6)40-32(30)41(54)43(8,59-40)57-19-14-29(56-10)23(3)39(58-27(7)48)25(5)35(50)24(4)34(21)49/h11-14,19-21,23-25,29,34-35,39,49-53H,15-18H2,1-10H3,(H,45,55)/b12-11+,19-14+,22-13+,44-20+/t21-,23+,24+,25+,29-,34-,35+,39-,43-/m0/s1. The summed E-state index contributed by atoms with van der Waals surface area (Å²) in [6, 6.07) is 0. The number of aliphatic hydroxyl groups is 2. The average Bonchev–Trinajstić information content (AvgIpc) is 3.46. The summed E-state index contributed by atoms with van der Waals surface area (Å²) in [4.78, 5) is 42.6. The van der Waals surface area contributed by atoms with E-state index >= 15 is 0 Å². The van der Waals surface area contributed by atoms with Gasteiger partial charge >= 0.3 is 11.8 Å². The van der Waals surface area contributed by atoms with E-state index in [4.69, 9.17) is 18.9 Å². The van der Waals surface area contributed by atoms with E-state index in [2.05, 4.69) is 15.3 Å². The Kier molecular flexibility index (Phi) is 13.7. The highest BCUT2D eigenvalue weighted by Gasteiger charge is 2.50. The number of anilines is 1. The van der Waals surface area contributed by atoms with Gasteiger partial charge in [-0.15, -0.1) is 0 Å². The van der Waals surface area contributed by atoms with Crippen molar-refractivity contribution in [3.05, 3.63) is 52.8 Å². The Hall–Kier alpha value is -5.16. The molecular weight excluding hydrogens is 764 g/mol. The lowest BCUT2D eigenvalue weighted by Crippen LogP contribution is -2.46. The number of ether oxygens (including phenoxy) is 4. The molecule has 322 valence electrons. The van der Waals surface area contributed by atoms with Crippen LogP contribution in [0.3, 0.4) is 0 Å². The lowest BCUT2D eigenvalue weighted by Gasteiger charge is -2.38. The number of allylic oxidation sites excluding steroid dienone is 2. The van der Waals surface area contributed by atoms with Crippen LogP contribution in [-0.4, -0.2) is 130 Å². The first-order chi connectivity index (χ1) is 27.7. The topological polar surface area (TPSA) is 220 Å². The van der Waals surface area contributed by atoms with Crippen molar-refractivity contribution in [3.63, 3.8) is 0 Å². The molecule has 2 aromatic rings. The first-order valence-corrected chi connectivity index (χ1v) is 19.8. The van der Waals surface area contributed by atoms with Crippen molar-refractivity contribution in [2.24, 2.45) is 28.8 Å². The Morgan fingerprint density at radius 2 is 1.61 bits per heavy atom. The van der Waals surface area contributed by atoms with E-state index in [0.29, 0.717) is 13.1 Å². The van der Waals surface area contributed by atoms with Gasteiger partial charge in [0.15, 0.2) is 5.75 Å². The molecule has 1 amide bonds. The molecule has 16 nitrogen and oxygen atoms in total. The van der Waals surface area contributed by atoms with Crippen molar-refractivity contribution in [3.8, 4) is 23.0 Å². The molecule has 0 aromatic heterocycles. The van der Waals surface area contributed by atoms with Gasteiger partial charge in [-0.25, -0.2) is 0 Å². The molecule has 1 fully saturated rings. The molecule has 0 radical (unpaired) electrons. The smallest absolute Gasteiger partial charge is 0.312 e. The summed E-state index contributed by atoms with van der Waals surface area (Å²) in [6.07, 6.45) is 4.86. The SMILES string of the molecule is CO[C@H]1/C=C/O[C@@]2(C)Oc3c(C)c(O)c4c(O)c(c(/C=N/N5CCN(C)CC5)c(O)c4c3C2=O)NC(=O)/C(C)=C/C=C/[C@H](C)[C@H](O)[C@@H](C)[C@@H](O)[C@@H](C)[C@@H](OC(C)=O)[C@@H]1C. The Morgan fingerprint density at radius 3 is 2.24 bits per heavy atom. The maximum atomic E-state index is 14.4. The number of methoxy groups -OCH3 is 1. The normalized spacial score (nSPS) is 32.1. The van der Waals surface area contributed by atoms with E-state index in [1.165, 1.54) is 59.4 Å². The highest BCUT2D eigenvalue weighted by atomic mass is 16.7. The average molecular weight is 823 g/mol. The first kappa shape index (κ1) is 44.9. The summed E-state index contributed by atoms with van der Waals surface area (Å²) >= 11 is 0. The third-order valence-corrected chi connectivity index (χ3v) is 11.9. The number of aliphatic hydroxyl groups excluding tert-OH is 2. The largest absolute Gasteiger partial charge is 0.507 e. The van der Waals surface area contributed by atoms with Crippen molar-refractivity contribution in [1.82, 2.24) is 9.91 Å². The quantitative estimate of drug-likeness (QED) is 0.109. The predicted molar refractivity (Wildman–Crippen MR) is 220 cm³/mol. The number of piperazine rings is 1. The number of carbonyl (C=O) groups is 3. The van der Waals surface area contributed by atoms with Gasteiger partial charge in [0, 0.05) is 87.3 Å². The summed E-state index contributed by atoms with van der Waals surface area (Å²) < 4.78 is 23.6. The molecule has 59 heavy (non-hydrogen) atoms. The zero-order valence-electron chi connectivity index (χ0n) is 35.3. The van der Waals surface area contributed by atoms with Crippen LogP contribution in [0.5, 0.6) is 23.0 Å². The van der Waals surface area contributed by atoms with Crippen molar-refractivity contribution < 1.29 is 58.9 Å². The zero-order valence-corrected chi connectivity index (χ0v) is 35.3. The number of fused-ring (bicyclic) bond motifs is 14. The molecular formula is C43H58N4O12. The number of nitrogens with one attached hydrogen (secondary N) is 1. The molecule has 9 atom stereocenters. The van der Waals surface area contributed by atoms with Crippen LogP contribution in [0.1, 0.15) is 70.0 Å². The van der Waals surface area contributed by atoms with Gasteiger partial charge in [-0.05, 0) is 27.0 Å². The van der Waals surface area contributed by atoms with E-state index in [1.807, 2.05) is 7.05 Å². The molecule has 4 heterocycles. The van der Waals surface area contributed by atoms with Gasteiger partial charge in [-0.3, -0.25) is 19.4 Å². The number of phenolic OH excluding ortho intramolecular Hbond substituents is 3. The minimum absolute atomic E-state index is 0.0559. The van der Waals surface area contributed by atoms with E-state index in [-0.39, 0.29) is 44.5 Å². The number of aromatic hydroxyl groups is 3.